The molecule has 182 valence electrons. The van der Waals surface area contributed by atoms with Gasteiger partial charge < -0.3 is 10.3 Å². The Hall–Kier alpha value is -3.25. The van der Waals surface area contributed by atoms with E-state index in [2.05, 4.69) is 20.3 Å². The fraction of sp³-hybridized carbons (Fsp3) is 0.455. The van der Waals surface area contributed by atoms with Crippen LogP contribution in [0.5, 0.6) is 0 Å². The molecule has 34 heavy (non-hydrogen) atoms. The molecule has 11 nitrogen and oxygen atoms in total. The molecule has 1 aromatic carbocycles. The second kappa shape index (κ2) is 9.55. The Morgan fingerprint density at radius 3 is 2.53 bits per heavy atom. The summed E-state index contributed by atoms with van der Waals surface area (Å²) in [5.74, 6) is 0.0652. The van der Waals surface area contributed by atoms with Gasteiger partial charge >= 0.3 is 5.69 Å². The molecule has 0 atom stereocenters. The highest BCUT2D eigenvalue weighted by Crippen LogP contribution is 2.26. The monoisotopic (exact) mass is 488 g/mol. The van der Waals surface area contributed by atoms with Crippen molar-refractivity contribution in [3.8, 4) is 0 Å². The van der Waals surface area contributed by atoms with Gasteiger partial charge in [0.1, 0.15) is 11.3 Å². The smallest absolute Gasteiger partial charge is 0.329 e. The molecule has 3 heterocycles. The van der Waals surface area contributed by atoms with Crippen LogP contribution in [0.1, 0.15) is 43.5 Å². The maximum Gasteiger partial charge on any atom is 0.329 e. The molecular weight excluding hydrogens is 460 g/mol. The number of hydrogen-bond acceptors (Lipinski definition) is 6. The van der Waals surface area contributed by atoms with Crippen molar-refractivity contribution in [2.45, 2.75) is 50.3 Å². The van der Waals surface area contributed by atoms with Gasteiger partial charge in [0, 0.05) is 38.7 Å². The lowest BCUT2D eigenvalue weighted by molar-refractivity contribution is -0.116. The van der Waals surface area contributed by atoms with Gasteiger partial charge in [0.2, 0.25) is 15.9 Å². The molecule has 0 unspecified atom stereocenters. The van der Waals surface area contributed by atoms with Gasteiger partial charge in [0.15, 0.2) is 5.65 Å². The zero-order valence-corrected chi connectivity index (χ0v) is 20.0. The van der Waals surface area contributed by atoms with E-state index in [9.17, 15) is 22.8 Å². The minimum absolute atomic E-state index is 0.0494. The zero-order valence-electron chi connectivity index (χ0n) is 19.2. The maximum atomic E-state index is 13.2. The number of anilines is 1. The second-order valence-electron chi connectivity index (χ2n) is 8.55. The molecule has 0 radical (unpaired) electrons. The van der Waals surface area contributed by atoms with Crippen LogP contribution in [0.3, 0.4) is 0 Å². The summed E-state index contributed by atoms with van der Waals surface area (Å²) in [6, 6.07) is 4.86. The fourth-order valence-electron chi connectivity index (χ4n) is 4.10. The normalized spacial score (nSPS) is 15.4. The van der Waals surface area contributed by atoms with Crippen LogP contribution in [0.15, 0.2) is 32.7 Å². The van der Waals surface area contributed by atoms with Crippen molar-refractivity contribution in [1.82, 2.24) is 23.8 Å². The highest BCUT2D eigenvalue weighted by atomic mass is 32.2. The third kappa shape index (κ3) is 4.82. The first-order chi connectivity index (χ1) is 16.2. The number of nitrogens with zero attached hydrogens (tertiary/aromatic N) is 3. The molecule has 3 aromatic rings. The molecule has 0 saturated carbocycles. The van der Waals surface area contributed by atoms with Gasteiger partial charge in [-0.1, -0.05) is 18.9 Å². The molecule has 0 spiro atoms. The van der Waals surface area contributed by atoms with Gasteiger partial charge in [-0.2, -0.15) is 4.31 Å². The van der Waals surface area contributed by atoms with Crippen LogP contribution < -0.4 is 16.6 Å². The zero-order chi connectivity index (χ0) is 24.5. The quantitative estimate of drug-likeness (QED) is 0.477. The van der Waals surface area contributed by atoms with E-state index in [1.165, 1.54) is 22.0 Å². The van der Waals surface area contributed by atoms with Gasteiger partial charge in [0.25, 0.3) is 5.56 Å². The van der Waals surface area contributed by atoms with Crippen LogP contribution in [-0.4, -0.2) is 51.2 Å². The lowest BCUT2D eigenvalue weighted by Crippen LogP contribution is -2.32. The summed E-state index contributed by atoms with van der Waals surface area (Å²) in [5, 5.41) is 2.75. The number of aryl methyl sites for hydroxylation is 3. The molecule has 1 aliphatic heterocycles. The Balaban J connectivity index is 1.47. The summed E-state index contributed by atoms with van der Waals surface area (Å²) in [5.41, 5.74) is 0.260. The van der Waals surface area contributed by atoms with E-state index < -0.39 is 21.3 Å². The van der Waals surface area contributed by atoms with Crippen molar-refractivity contribution >= 4 is 32.8 Å². The SMILES string of the molecule is Cc1ccc(NC(=O)CCc2nc3c([nH]2)c(=O)[nH]c(=O)n3C)cc1S(=O)(=O)N1CCCCCC1. The summed E-state index contributed by atoms with van der Waals surface area (Å²) in [6.45, 7) is 2.75. The Morgan fingerprint density at radius 1 is 1.12 bits per heavy atom. The number of sulfonamides is 1. The number of aromatic nitrogens is 4. The van der Waals surface area contributed by atoms with Crippen molar-refractivity contribution in [3.05, 3.63) is 50.4 Å². The number of hydrogen-bond donors (Lipinski definition) is 3. The van der Waals surface area contributed by atoms with E-state index >= 15 is 0 Å². The average Bonchev–Trinajstić information content (AvgIpc) is 3.03. The molecule has 0 bridgehead atoms. The van der Waals surface area contributed by atoms with Crippen LogP contribution in [0.2, 0.25) is 0 Å². The summed E-state index contributed by atoms with van der Waals surface area (Å²) >= 11 is 0. The number of H-pyrrole nitrogens is 2. The highest BCUT2D eigenvalue weighted by molar-refractivity contribution is 7.89. The van der Waals surface area contributed by atoms with Gasteiger partial charge in [0.05, 0.1) is 4.90 Å². The van der Waals surface area contributed by atoms with Crippen LogP contribution in [0.4, 0.5) is 5.69 Å². The summed E-state index contributed by atoms with van der Waals surface area (Å²) in [4.78, 5) is 45.7. The number of benzene rings is 1. The first-order valence-electron chi connectivity index (χ1n) is 11.3. The minimum Gasteiger partial charge on any atom is -0.336 e. The molecule has 2 aromatic heterocycles. The number of carbonyl (C=O) groups excluding carboxylic acids is 1. The van der Waals surface area contributed by atoms with Gasteiger partial charge in [-0.3, -0.25) is 19.1 Å². The molecule has 12 heteroatoms. The van der Waals surface area contributed by atoms with Gasteiger partial charge in [-0.15, -0.1) is 0 Å². The second-order valence-corrected chi connectivity index (χ2v) is 10.5. The van der Waals surface area contributed by atoms with E-state index in [0.29, 0.717) is 30.2 Å². The fourth-order valence-corrected chi connectivity index (χ4v) is 5.87. The van der Waals surface area contributed by atoms with Gasteiger partial charge in [-0.05, 0) is 37.5 Å². The average molecular weight is 489 g/mol. The topological polar surface area (TPSA) is 150 Å². The number of rotatable bonds is 6. The molecule has 3 N–H and O–H groups in total. The van der Waals surface area contributed by atoms with E-state index in [0.717, 1.165) is 25.7 Å². The van der Waals surface area contributed by atoms with E-state index in [-0.39, 0.29) is 34.8 Å². The summed E-state index contributed by atoms with van der Waals surface area (Å²) in [7, 11) is -2.16. The summed E-state index contributed by atoms with van der Waals surface area (Å²) in [6.07, 6.45) is 3.99. The van der Waals surface area contributed by atoms with E-state index in [4.69, 9.17) is 0 Å². The van der Waals surface area contributed by atoms with Crippen LogP contribution in [-0.2, 0) is 28.3 Å². The molecule has 4 rings (SSSR count). The number of aromatic amines is 2. The maximum absolute atomic E-state index is 13.2. The first kappa shape index (κ1) is 23.9. The minimum atomic E-state index is -3.65. The first-order valence-corrected chi connectivity index (χ1v) is 12.7. The Bertz CT molecular complexity index is 1440. The Kier molecular flexibility index (Phi) is 6.71. The van der Waals surface area contributed by atoms with Crippen LogP contribution >= 0.6 is 0 Å². The molecule has 1 aliphatic rings. The molecular formula is C22H28N6O5S. The van der Waals surface area contributed by atoms with Crippen molar-refractivity contribution in [2.24, 2.45) is 7.05 Å². The standard InChI is InChI=1S/C22H28N6O5S/c1-14-7-8-15(13-16(14)34(32,33)28-11-5-3-4-6-12-28)23-18(29)10-9-17-24-19-20(25-17)27(2)22(31)26-21(19)30/h7-8,13H,3-6,9-12H2,1-2H3,(H,23,29)(H,24,25)(H,26,30,31). The molecule has 1 saturated heterocycles. The number of carbonyl (C=O) groups is 1. The molecule has 1 amide bonds. The number of fused-ring (bicyclic) bond motifs is 1. The van der Waals surface area contributed by atoms with Crippen molar-refractivity contribution in [1.29, 1.82) is 0 Å². The molecule has 0 aliphatic carbocycles. The largest absolute Gasteiger partial charge is 0.336 e. The third-order valence-corrected chi connectivity index (χ3v) is 8.09. The van der Waals surface area contributed by atoms with Crippen LogP contribution in [0, 0.1) is 6.92 Å². The van der Waals surface area contributed by atoms with Crippen molar-refractivity contribution < 1.29 is 13.2 Å². The number of amides is 1. The number of imidazole rings is 1. The van der Waals surface area contributed by atoms with Crippen LogP contribution in [0.25, 0.3) is 11.2 Å². The van der Waals surface area contributed by atoms with Crippen molar-refractivity contribution in [2.75, 3.05) is 18.4 Å². The Labute approximate surface area is 196 Å². The van der Waals surface area contributed by atoms with Crippen molar-refractivity contribution in [3.63, 3.8) is 0 Å². The lowest BCUT2D eigenvalue weighted by atomic mass is 10.2. The van der Waals surface area contributed by atoms with E-state index in [1.807, 2.05) is 0 Å². The number of nitrogens with one attached hydrogen (secondary N) is 3. The predicted molar refractivity (Wildman–Crippen MR) is 127 cm³/mol. The lowest BCUT2D eigenvalue weighted by Gasteiger charge is -2.21. The highest BCUT2D eigenvalue weighted by Gasteiger charge is 2.27. The predicted octanol–water partition coefficient (Wildman–Crippen LogP) is 1.39. The van der Waals surface area contributed by atoms with E-state index in [1.54, 1.807) is 19.1 Å². The summed E-state index contributed by atoms with van der Waals surface area (Å²) < 4.78 is 29.2. The third-order valence-electron chi connectivity index (χ3n) is 6.05. The molecule has 1 fully saturated rings. The van der Waals surface area contributed by atoms with Gasteiger partial charge in [-0.25, -0.2) is 18.2 Å². The Morgan fingerprint density at radius 2 is 1.82 bits per heavy atom.